The van der Waals surface area contributed by atoms with E-state index < -0.39 is 10.7 Å². The number of carbonyl (C=O) groups excluding carboxylic acids is 1. The molecule has 152 valence electrons. The number of rotatable bonds is 9. The van der Waals surface area contributed by atoms with E-state index in [0.29, 0.717) is 25.1 Å². The highest BCUT2D eigenvalue weighted by Crippen LogP contribution is 2.20. The molecular weight excluding hydrogens is 378 g/mol. The highest BCUT2D eigenvalue weighted by molar-refractivity contribution is 5.76. The Morgan fingerprint density at radius 2 is 2.10 bits per heavy atom. The lowest BCUT2D eigenvalue weighted by molar-refractivity contribution is -0.384. The van der Waals surface area contributed by atoms with Gasteiger partial charge in [0.1, 0.15) is 12.4 Å². The molecule has 1 heterocycles. The minimum atomic E-state index is -0.604. The molecule has 0 unspecified atom stereocenters. The summed E-state index contributed by atoms with van der Waals surface area (Å²) in [5.41, 5.74) is 1.57. The van der Waals surface area contributed by atoms with Crippen molar-refractivity contribution >= 4 is 22.7 Å². The molecule has 3 aromatic rings. The second-order valence-electron chi connectivity index (χ2n) is 6.55. The Hall–Kier alpha value is -3.62. The Morgan fingerprint density at radius 3 is 2.86 bits per heavy atom. The predicted molar refractivity (Wildman–Crippen MR) is 106 cm³/mol. The molecule has 29 heavy (non-hydrogen) atoms. The Morgan fingerprint density at radius 1 is 1.28 bits per heavy atom. The number of aryl methyl sites for hydroxylation is 2. The lowest BCUT2D eigenvalue weighted by Gasteiger charge is -2.08. The van der Waals surface area contributed by atoms with Gasteiger partial charge in [-0.2, -0.15) is 0 Å². The number of carbonyl (C=O) groups is 1. The van der Waals surface area contributed by atoms with E-state index in [1.165, 1.54) is 22.8 Å². The van der Waals surface area contributed by atoms with Gasteiger partial charge >= 0.3 is 5.76 Å². The summed E-state index contributed by atoms with van der Waals surface area (Å²) >= 11 is 0. The first-order valence-electron chi connectivity index (χ1n) is 9.18. The average molecular weight is 399 g/mol. The molecule has 9 heteroatoms. The molecule has 0 saturated carbocycles. The van der Waals surface area contributed by atoms with Crippen molar-refractivity contribution in [2.24, 2.45) is 0 Å². The van der Waals surface area contributed by atoms with Crippen molar-refractivity contribution in [3.05, 3.63) is 68.7 Å². The molecule has 0 aliphatic rings. The van der Waals surface area contributed by atoms with Crippen molar-refractivity contribution in [2.45, 2.75) is 26.3 Å². The monoisotopic (exact) mass is 399 g/mol. The van der Waals surface area contributed by atoms with Crippen LogP contribution in [-0.2, 0) is 11.3 Å². The number of oxazole rings is 1. The van der Waals surface area contributed by atoms with Crippen LogP contribution in [0.1, 0.15) is 18.4 Å². The number of nitro benzene ring substituents is 1. The first-order chi connectivity index (χ1) is 13.9. The normalized spacial score (nSPS) is 10.8. The van der Waals surface area contributed by atoms with Crippen LogP contribution in [0.3, 0.4) is 0 Å². The third kappa shape index (κ3) is 5.22. The molecule has 0 radical (unpaired) electrons. The van der Waals surface area contributed by atoms with Gasteiger partial charge in [-0.3, -0.25) is 19.5 Å². The summed E-state index contributed by atoms with van der Waals surface area (Å²) in [5, 5.41) is 13.6. The summed E-state index contributed by atoms with van der Waals surface area (Å²) in [7, 11) is 0. The van der Waals surface area contributed by atoms with Gasteiger partial charge in [0.25, 0.3) is 5.69 Å². The molecule has 0 aliphatic carbocycles. The second-order valence-corrected chi connectivity index (χ2v) is 6.55. The minimum Gasteiger partial charge on any atom is -0.492 e. The fourth-order valence-electron chi connectivity index (χ4n) is 2.93. The fraction of sp³-hybridized carbons (Fsp3) is 0.300. The van der Waals surface area contributed by atoms with Crippen molar-refractivity contribution in [2.75, 3.05) is 13.2 Å². The molecule has 1 amide bonds. The number of nitro groups is 1. The molecule has 0 saturated heterocycles. The maximum Gasteiger partial charge on any atom is 0.419 e. The Bertz CT molecular complexity index is 1090. The largest absolute Gasteiger partial charge is 0.492 e. The van der Waals surface area contributed by atoms with Gasteiger partial charge in [0.15, 0.2) is 5.58 Å². The smallest absolute Gasteiger partial charge is 0.419 e. The highest BCUT2D eigenvalue weighted by Gasteiger charge is 2.14. The molecule has 0 atom stereocenters. The number of benzene rings is 2. The minimum absolute atomic E-state index is 0.144. The van der Waals surface area contributed by atoms with E-state index in [0.717, 1.165) is 11.3 Å². The van der Waals surface area contributed by atoms with Crippen LogP contribution in [0.25, 0.3) is 11.1 Å². The Balaban J connectivity index is 1.45. The molecule has 0 bridgehead atoms. The zero-order valence-corrected chi connectivity index (χ0v) is 15.9. The Labute approximate surface area is 166 Å². The van der Waals surface area contributed by atoms with E-state index in [9.17, 15) is 19.7 Å². The van der Waals surface area contributed by atoms with E-state index in [1.54, 1.807) is 0 Å². The van der Waals surface area contributed by atoms with Gasteiger partial charge in [-0.1, -0.05) is 12.1 Å². The standard InChI is InChI=1S/C20H21N3O6/c1-14-4-2-5-16(12-14)28-11-9-21-19(24)6-3-10-22-17-8-7-15(23(26)27)13-18(17)29-20(22)25/h2,4-5,7-8,12-13H,3,6,9-11H2,1H3,(H,21,24). The average Bonchev–Trinajstić information content (AvgIpc) is 3.00. The van der Waals surface area contributed by atoms with Gasteiger partial charge in [0, 0.05) is 19.0 Å². The van der Waals surface area contributed by atoms with E-state index in [1.807, 2.05) is 31.2 Å². The van der Waals surface area contributed by atoms with E-state index in [4.69, 9.17) is 9.15 Å². The number of aromatic nitrogens is 1. The van der Waals surface area contributed by atoms with Crippen molar-refractivity contribution in [3.8, 4) is 5.75 Å². The molecule has 2 aromatic carbocycles. The van der Waals surface area contributed by atoms with Gasteiger partial charge in [-0.25, -0.2) is 4.79 Å². The van der Waals surface area contributed by atoms with E-state index >= 15 is 0 Å². The SMILES string of the molecule is Cc1cccc(OCCNC(=O)CCCn2c(=O)oc3cc([N+](=O)[O-])ccc32)c1. The van der Waals surface area contributed by atoms with Crippen molar-refractivity contribution in [1.82, 2.24) is 9.88 Å². The molecule has 0 spiro atoms. The molecule has 0 aliphatic heterocycles. The summed E-state index contributed by atoms with van der Waals surface area (Å²) in [6, 6.07) is 11.7. The summed E-state index contributed by atoms with van der Waals surface area (Å²) < 4.78 is 12.0. The highest BCUT2D eigenvalue weighted by atomic mass is 16.6. The third-order valence-electron chi connectivity index (χ3n) is 4.33. The number of nitrogens with one attached hydrogen (secondary N) is 1. The van der Waals surface area contributed by atoms with Gasteiger partial charge in [-0.05, 0) is 37.1 Å². The molecule has 0 fully saturated rings. The first kappa shape index (κ1) is 20.1. The van der Waals surface area contributed by atoms with Crippen LogP contribution in [0, 0.1) is 17.0 Å². The predicted octanol–water partition coefficient (Wildman–Crippen LogP) is 2.79. The number of non-ortho nitro benzene ring substituents is 1. The van der Waals surface area contributed by atoms with Crippen LogP contribution in [0.4, 0.5) is 5.69 Å². The van der Waals surface area contributed by atoms with Crippen molar-refractivity contribution < 1.29 is 18.9 Å². The summed E-state index contributed by atoms with van der Waals surface area (Å²) in [5.74, 6) is 0.00693. The molecular formula is C20H21N3O6. The van der Waals surface area contributed by atoms with Crippen LogP contribution in [0.5, 0.6) is 5.75 Å². The summed E-state index contributed by atoms with van der Waals surface area (Å²) in [6.07, 6.45) is 0.659. The number of ether oxygens (including phenoxy) is 1. The van der Waals surface area contributed by atoms with Crippen molar-refractivity contribution in [1.29, 1.82) is 0 Å². The topological polar surface area (TPSA) is 117 Å². The van der Waals surface area contributed by atoms with Gasteiger partial charge in [0.05, 0.1) is 23.1 Å². The number of amides is 1. The quantitative estimate of drug-likeness (QED) is 0.336. The van der Waals surface area contributed by atoms with Crippen LogP contribution in [-0.4, -0.2) is 28.5 Å². The third-order valence-corrected chi connectivity index (χ3v) is 4.33. The van der Waals surface area contributed by atoms with E-state index in [2.05, 4.69) is 5.32 Å². The lowest BCUT2D eigenvalue weighted by atomic mass is 10.2. The number of hydrogen-bond donors (Lipinski definition) is 1. The van der Waals surface area contributed by atoms with Gasteiger partial charge in [-0.15, -0.1) is 0 Å². The fourth-order valence-corrected chi connectivity index (χ4v) is 2.93. The molecule has 3 rings (SSSR count). The van der Waals surface area contributed by atoms with Crippen LogP contribution in [0.2, 0.25) is 0 Å². The van der Waals surface area contributed by atoms with Gasteiger partial charge < -0.3 is 14.5 Å². The lowest BCUT2D eigenvalue weighted by Crippen LogP contribution is -2.28. The second kappa shape index (κ2) is 9.05. The first-order valence-corrected chi connectivity index (χ1v) is 9.18. The zero-order valence-electron chi connectivity index (χ0n) is 15.9. The van der Waals surface area contributed by atoms with Crippen LogP contribution < -0.4 is 15.8 Å². The van der Waals surface area contributed by atoms with E-state index in [-0.39, 0.29) is 30.1 Å². The molecule has 1 aromatic heterocycles. The molecule has 9 nitrogen and oxygen atoms in total. The molecule has 1 N–H and O–H groups in total. The van der Waals surface area contributed by atoms with Crippen LogP contribution >= 0.6 is 0 Å². The van der Waals surface area contributed by atoms with Crippen LogP contribution in [0.15, 0.2) is 51.7 Å². The number of fused-ring (bicyclic) bond motifs is 1. The Kier molecular flexibility index (Phi) is 6.28. The maximum atomic E-state index is 12.0. The van der Waals surface area contributed by atoms with Gasteiger partial charge in [0.2, 0.25) is 5.91 Å². The zero-order chi connectivity index (χ0) is 20.8. The summed E-state index contributed by atoms with van der Waals surface area (Å²) in [6.45, 7) is 2.99. The number of nitrogens with zero attached hydrogens (tertiary/aromatic N) is 2. The number of hydrogen-bond acceptors (Lipinski definition) is 6. The maximum absolute atomic E-state index is 12.0. The van der Waals surface area contributed by atoms with Crippen molar-refractivity contribution in [3.63, 3.8) is 0 Å². The summed E-state index contributed by atoms with van der Waals surface area (Å²) in [4.78, 5) is 34.2.